The van der Waals surface area contributed by atoms with Gasteiger partial charge in [0.25, 0.3) is 10.0 Å². The Labute approximate surface area is 159 Å². The standard InChI is InChI=1S/C18H25N3O3S2/c1-3-21(16-9-5-4-6-10-16)13-8-12-19-17(22)15-20(2)26(23,24)18-11-7-14-25-18/h4-7,9-11,14H,3,8,12-13,15H2,1-2H3,(H,19,22). The Morgan fingerprint density at radius 1 is 1.15 bits per heavy atom. The first-order valence-corrected chi connectivity index (χ1v) is 10.8. The maximum Gasteiger partial charge on any atom is 0.252 e. The smallest absolute Gasteiger partial charge is 0.252 e. The summed E-state index contributed by atoms with van der Waals surface area (Å²) in [7, 11) is -2.17. The highest BCUT2D eigenvalue weighted by atomic mass is 32.2. The zero-order chi connectivity index (χ0) is 19.0. The minimum atomic E-state index is -3.59. The van der Waals surface area contributed by atoms with Crippen LogP contribution in [-0.2, 0) is 14.8 Å². The Kier molecular flexibility index (Phi) is 7.62. The number of thiophene rings is 1. The van der Waals surface area contributed by atoms with E-state index in [9.17, 15) is 13.2 Å². The second-order valence-electron chi connectivity index (χ2n) is 5.81. The van der Waals surface area contributed by atoms with Gasteiger partial charge in [-0.05, 0) is 36.9 Å². The molecular formula is C18H25N3O3S2. The quantitative estimate of drug-likeness (QED) is 0.627. The summed E-state index contributed by atoms with van der Waals surface area (Å²) in [6.45, 7) is 4.13. The van der Waals surface area contributed by atoms with Crippen LogP contribution in [0.1, 0.15) is 13.3 Å². The fourth-order valence-corrected chi connectivity index (χ4v) is 4.84. The van der Waals surface area contributed by atoms with E-state index in [2.05, 4.69) is 29.3 Å². The molecule has 1 aromatic carbocycles. The number of amides is 1. The highest BCUT2D eigenvalue weighted by Gasteiger charge is 2.23. The van der Waals surface area contributed by atoms with Gasteiger partial charge in [0.15, 0.2) is 0 Å². The Balaban J connectivity index is 1.75. The molecule has 26 heavy (non-hydrogen) atoms. The SMILES string of the molecule is CCN(CCCNC(=O)CN(C)S(=O)(=O)c1cccs1)c1ccccc1. The summed E-state index contributed by atoms with van der Waals surface area (Å²) in [5.74, 6) is -0.296. The molecule has 0 spiro atoms. The van der Waals surface area contributed by atoms with Crippen LogP contribution in [0.3, 0.4) is 0 Å². The van der Waals surface area contributed by atoms with E-state index >= 15 is 0 Å². The topological polar surface area (TPSA) is 69.7 Å². The fraction of sp³-hybridized carbons (Fsp3) is 0.389. The average Bonchev–Trinajstić information content (AvgIpc) is 3.18. The minimum absolute atomic E-state index is 0.184. The van der Waals surface area contributed by atoms with Gasteiger partial charge in [-0.1, -0.05) is 24.3 Å². The number of nitrogens with one attached hydrogen (secondary N) is 1. The molecule has 0 aliphatic rings. The third-order valence-corrected chi connectivity index (χ3v) is 7.13. The molecular weight excluding hydrogens is 370 g/mol. The van der Waals surface area contributed by atoms with Crippen molar-refractivity contribution < 1.29 is 13.2 Å². The van der Waals surface area contributed by atoms with Gasteiger partial charge in [0, 0.05) is 32.4 Å². The second kappa shape index (κ2) is 9.70. The van der Waals surface area contributed by atoms with Gasteiger partial charge >= 0.3 is 0 Å². The first kappa shape index (κ1) is 20.4. The molecule has 0 bridgehead atoms. The first-order chi connectivity index (χ1) is 12.4. The van der Waals surface area contributed by atoms with E-state index in [4.69, 9.17) is 0 Å². The number of benzene rings is 1. The van der Waals surface area contributed by atoms with Gasteiger partial charge in [-0.15, -0.1) is 11.3 Å². The minimum Gasteiger partial charge on any atom is -0.372 e. The van der Waals surface area contributed by atoms with Crippen molar-refractivity contribution in [3.8, 4) is 0 Å². The van der Waals surface area contributed by atoms with E-state index in [1.807, 2.05) is 18.2 Å². The summed E-state index contributed by atoms with van der Waals surface area (Å²) < 4.78 is 25.9. The van der Waals surface area contributed by atoms with E-state index < -0.39 is 10.0 Å². The Bertz CT molecular complexity index is 777. The molecule has 0 saturated carbocycles. The van der Waals surface area contributed by atoms with Crippen LogP contribution in [0, 0.1) is 0 Å². The Morgan fingerprint density at radius 3 is 2.50 bits per heavy atom. The molecule has 8 heteroatoms. The lowest BCUT2D eigenvalue weighted by molar-refractivity contribution is -0.121. The highest BCUT2D eigenvalue weighted by molar-refractivity contribution is 7.91. The predicted molar refractivity (Wildman–Crippen MR) is 106 cm³/mol. The Morgan fingerprint density at radius 2 is 1.88 bits per heavy atom. The number of rotatable bonds is 10. The number of nitrogens with zero attached hydrogens (tertiary/aromatic N) is 2. The Hall–Kier alpha value is -1.90. The second-order valence-corrected chi connectivity index (χ2v) is 9.03. The predicted octanol–water partition coefficient (Wildman–Crippen LogP) is 2.40. The van der Waals surface area contributed by atoms with Gasteiger partial charge in [0.2, 0.25) is 5.91 Å². The molecule has 1 amide bonds. The van der Waals surface area contributed by atoms with Crippen molar-refractivity contribution in [3.63, 3.8) is 0 Å². The summed E-state index contributed by atoms with van der Waals surface area (Å²) >= 11 is 1.14. The third-order valence-electron chi connectivity index (χ3n) is 3.96. The van der Waals surface area contributed by atoms with Crippen LogP contribution in [0.15, 0.2) is 52.1 Å². The number of carbonyl (C=O) groups excluding carboxylic acids is 1. The van der Waals surface area contributed by atoms with Crippen LogP contribution in [0.2, 0.25) is 0 Å². The van der Waals surface area contributed by atoms with Gasteiger partial charge in [0.1, 0.15) is 4.21 Å². The van der Waals surface area contributed by atoms with E-state index in [1.165, 1.54) is 13.1 Å². The lowest BCUT2D eigenvalue weighted by atomic mass is 10.2. The maximum absolute atomic E-state index is 12.3. The number of anilines is 1. The lowest BCUT2D eigenvalue weighted by Gasteiger charge is -2.23. The van der Waals surface area contributed by atoms with Crippen molar-refractivity contribution in [2.45, 2.75) is 17.6 Å². The number of para-hydroxylation sites is 1. The van der Waals surface area contributed by atoms with Gasteiger partial charge in [-0.2, -0.15) is 4.31 Å². The van der Waals surface area contributed by atoms with Crippen LogP contribution < -0.4 is 10.2 Å². The zero-order valence-electron chi connectivity index (χ0n) is 15.1. The molecule has 0 radical (unpaired) electrons. The van der Waals surface area contributed by atoms with E-state index in [1.54, 1.807) is 11.4 Å². The number of carbonyl (C=O) groups is 1. The van der Waals surface area contributed by atoms with Gasteiger partial charge in [-0.25, -0.2) is 8.42 Å². The monoisotopic (exact) mass is 395 g/mol. The van der Waals surface area contributed by atoms with Crippen LogP contribution in [0.4, 0.5) is 5.69 Å². The van der Waals surface area contributed by atoms with Crippen molar-refractivity contribution in [3.05, 3.63) is 47.8 Å². The van der Waals surface area contributed by atoms with Crippen LogP contribution in [0.5, 0.6) is 0 Å². The summed E-state index contributed by atoms with van der Waals surface area (Å²) in [5, 5.41) is 4.49. The number of hydrogen-bond donors (Lipinski definition) is 1. The molecule has 1 N–H and O–H groups in total. The molecule has 142 valence electrons. The number of likely N-dealkylation sites (N-methyl/N-ethyl adjacent to an activating group) is 1. The van der Waals surface area contributed by atoms with Crippen molar-refractivity contribution in [1.82, 2.24) is 9.62 Å². The molecule has 2 rings (SSSR count). The van der Waals surface area contributed by atoms with Crippen molar-refractivity contribution >= 4 is 33.0 Å². The maximum atomic E-state index is 12.3. The van der Waals surface area contributed by atoms with Crippen molar-refractivity contribution in [1.29, 1.82) is 0 Å². The molecule has 1 aromatic heterocycles. The van der Waals surface area contributed by atoms with E-state index in [-0.39, 0.29) is 16.7 Å². The largest absolute Gasteiger partial charge is 0.372 e. The summed E-state index contributed by atoms with van der Waals surface area (Å²) in [5.41, 5.74) is 1.16. The third kappa shape index (κ3) is 5.55. The molecule has 0 aliphatic carbocycles. The van der Waals surface area contributed by atoms with Crippen LogP contribution >= 0.6 is 11.3 Å². The van der Waals surface area contributed by atoms with Crippen LogP contribution in [0.25, 0.3) is 0 Å². The summed E-state index contributed by atoms with van der Waals surface area (Å²) in [6.07, 6.45) is 0.788. The fourth-order valence-electron chi connectivity index (χ4n) is 2.51. The van der Waals surface area contributed by atoms with Crippen LogP contribution in [-0.4, -0.2) is 51.9 Å². The molecule has 1 heterocycles. The summed E-state index contributed by atoms with van der Waals surface area (Å²) in [4.78, 5) is 14.3. The van der Waals surface area contributed by atoms with Gasteiger partial charge in [-0.3, -0.25) is 4.79 Å². The van der Waals surface area contributed by atoms with E-state index in [0.717, 1.165) is 40.8 Å². The van der Waals surface area contributed by atoms with Crippen molar-refractivity contribution in [2.75, 3.05) is 38.1 Å². The average molecular weight is 396 g/mol. The van der Waals surface area contributed by atoms with E-state index in [0.29, 0.717) is 6.54 Å². The molecule has 0 unspecified atom stereocenters. The molecule has 0 aliphatic heterocycles. The highest BCUT2D eigenvalue weighted by Crippen LogP contribution is 2.19. The normalized spacial score (nSPS) is 11.5. The first-order valence-electron chi connectivity index (χ1n) is 8.51. The van der Waals surface area contributed by atoms with Gasteiger partial charge < -0.3 is 10.2 Å². The lowest BCUT2D eigenvalue weighted by Crippen LogP contribution is -2.39. The van der Waals surface area contributed by atoms with Crippen molar-refractivity contribution in [2.24, 2.45) is 0 Å². The van der Waals surface area contributed by atoms with Gasteiger partial charge in [0.05, 0.1) is 6.54 Å². The molecule has 6 nitrogen and oxygen atoms in total. The number of sulfonamides is 1. The molecule has 2 aromatic rings. The molecule has 0 fully saturated rings. The molecule has 0 saturated heterocycles. The summed E-state index contributed by atoms with van der Waals surface area (Å²) in [6, 6.07) is 13.3. The molecule has 0 atom stereocenters. The zero-order valence-corrected chi connectivity index (χ0v) is 16.7. The number of hydrogen-bond acceptors (Lipinski definition) is 5.